The van der Waals surface area contributed by atoms with Crippen molar-refractivity contribution in [3.8, 4) is 11.3 Å². The van der Waals surface area contributed by atoms with E-state index >= 15 is 0 Å². The smallest absolute Gasteiger partial charge is 0.322 e. The van der Waals surface area contributed by atoms with Crippen molar-refractivity contribution >= 4 is 46.6 Å². The van der Waals surface area contributed by atoms with E-state index in [0.717, 1.165) is 24.8 Å². The van der Waals surface area contributed by atoms with Crippen molar-refractivity contribution in [2.75, 3.05) is 10.6 Å². The quantitative estimate of drug-likeness (QED) is 0.425. The lowest BCUT2D eigenvalue weighted by atomic mass is 10.0. The summed E-state index contributed by atoms with van der Waals surface area (Å²) in [5.41, 5.74) is 2.06. The van der Waals surface area contributed by atoms with Crippen molar-refractivity contribution in [1.29, 1.82) is 0 Å². The minimum absolute atomic E-state index is 0.00391. The van der Waals surface area contributed by atoms with Crippen LogP contribution in [-0.2, 0) is 4.79 Å². The molecule has 4 N–H and O–H groups in total. The summed E-state index contributed by atoms with van der Waals surface area (Å²) in [4.78, 5) is 25.4. The Morgan fingerprint density at radius 3 is 2.64 bits per heavy atom. The average molecular weight is 485 g/mol. The van der Waals surface area contributed by atoms with Crippen LogP contribution in [0.1, 0.15) is 25.6 Å². The summed E-state index contributed by atoms with van der Waals surface area (Å²) in [5.74, 6) is 0.407. The fourth-order valence-electron chi connectivity index (χ4n) is 4.38. The molecule has 1 saturated carbocycles. The summed E-state index contributed by atoms with van der Waals surface area (Å²) in [5, 5.41) is 17.5. The number of halogens is 2. The second kappa shape index (κ2) is 9.05. The minimum Gasteiger partial charge on any atom is -0.322 e. The van der Waals surface area contributed by atoms with Crippen molar-refractivity contribution in [2.24, 2.45) is 5.92 Å². The first kappa shape index (κ1) is 21.8. The second-order valence-electron chi connectivity index (χ2n) is 8.16. The van der Waals surface area contributed by atoms with Crippen LogP contribution in [0.4, 0.5) is 16.3 Å². The van der Waals surface area contributed by atoms with Crippen LogP contribution in [0.5, 0.6) is 0 Å². The lowest BCUT2D eigenvalue weighted by molar-refractivity contribution is -0.130. The third-order valence-electron chi connectivity index (χ3n) is 5.97. The van der Waals surface area contributed by atoms with Crippen molar-refractivity contribution < 1.29 is 9.59 Å². The maximum absolute atomic E-state index is 12.8. The molecule has 1 aliphatic carbocycles. The Hall–Kier alpha value is -3.07. The molecule has 3 atom stereocenters. The van der Waals surface area contributed by atoms with E-state index in [2.05, 4.69) is 21.3 Å². The zero-order chi connectivity index (χ0) is 22.9. The zero-order valence-corrected chi connectivity index (χ0v) is 19.0. The number of carbonyl (C=O) groups is 2. The van der Waals surface area contributed by atoms with Gasteiger partial charge in [-0.3, -0.25) is 15.4 Å². The highest BCUT2D eigenvalue weighted by Crippen LogP contribution is 2.32. The van der Waals surface area contributed by atoms with Gasteiger partial charge in [-0.15, -0.1) is 0 Å². The standard InChI is InChI=1S/C23H22Cl2N6O2/c24-16-10-9-14(11-17(16)25)26-23(33)28-20-12-19(13-5-2-1-3-6-13)30-31(20)22-27-18-8-4-7-15(18)21(32)29-22/h1-3,5-6,9-12,15,18,22,27H,4,7-8H2,(H,29,32)(H2,26,28,33). The van der Waals surface area contributed by atoms with E-state index < -0.39 is 12.3 Å². The normalized spacial score (nSPS) is 21.9. The van der Waals surface area contributed by atoms with Crippen LogP contribution >= 0.6 is 23.2 Å². The molecule has 1 saturated heterocycles. The molecule has 0 radical (unpaired) electrons. The number of nitrogens with zero attached hydrogens (tertiary/aromatic N) is 2. The van der Waals surface area contributed by atoms with Crippen LogP contribution in [0.3, 0.4) is 0 Å². The van der Waals surface area contributed by atoms with Gasteiger partial charge in [-0.25, -0.2) is 9.48 Å². The van der Waals surface area contributed by atoms with Gasteiger partial charge in [0.25, 0.3) is 0 Å². The Morgan fingerprint density at radius 2 is 1.85 bits per heavy atom. The highest BCUT2D eigenvalue weighted by atomic mass is 35.5. The second-order valence-corrected chi connectivity index (χ2v) is 8.97. The first-order valence-electron chi connectivity index (χ1n) is 10.7. The number of fused-ring (bicyclic) bond motifs is 1. The molecule has 8 nitrogen and oxygen atoms in total. The minimum atomic E-state index is -0.574. The maximum Gasteiger partial charge on any atom is 0.324 e. The fraction of sp³-hybridized carbons (Fsp3) is 0.261. The molecule has 0 bridgehead atoms. The van der Waals surface area contributed by atoms with Crippen molar-refractivity contribution in [3.63, 3.8) is 0 Å². The molecule has 2 fully saturated rings. The number of urea groups is 1. The molecule has 5 rings (SSSR count). The highest BCUT2D eigenvalue weighted by molar-refractivity contribution is 6.42. The molecule has 0 spiro atoms. The SMILES string of the molecule is O=C(Nc1ccc(Cl)c(Cl)c1)Nc1cc(-c2ccccc2)nn1C1NC(=O)C2CCCC2N1. The molecule has 33 heavy (non-hydrogen) atoms. The molecular formula is C23H22Cl2N6O2. The van der Waals surface area contributed by atoms with Gasteiger partial charge in [0.2, 0.25) is 5.91 Å². The number of amides is 3. The Labute approximate surface area is 200 Å². The van der Waals surface area contributed by atoms with Gasteiger partial charge in [0.05, 0.1) is 21.7 Å². The lowest BCUT2D eigenvalue weighted by Gasteiger charge is -2.34. The van der Waals surface area contributed by atoms with Gasteiger partial charge in [0, 0.05) is 23.4 Å². The lowest BCUT2D eigenvalue weighted by Crippen LogP contribution is -2.57. The molecule has 3 unspecified atom stereocenters. The van der Waals surface area contributed by atoms with E-state index in [9.17, 15) is 9.59 Å². The number of hydrogen-bond donors (Lipinski definition) is 4. The van der Waals surface area contributed by atoms with Gasteiger partial charge in [-0.2, -0.15) is 5.10 Å². The van der Waals surface area contributed by atoms with E-state index in [4.69, 9.17) is 28.3 Å². The van der Waals surface area contributed by atoms with Crippen LogP contribution in [-0.4, -0.2) is 27.8 Å². The van der Waals surface area contributed by atoms with Crippen molar-refractivity contribution in [3.05, 3.63) is 64.6 Å². The Morgan fingerprint density at radius 1 is 1.03 bits per heavy atom. The molecule has 2 heterocycles. The summed E-state index contributed by atoms with van der Waals surface area (Å²) in [6, 6.07) is 15.9. The first-order chi connectivity index (χ1) is 16.0. The molecule has 10 heteroatoms. The van der Waals surface area contributed by atoms with E-state index in [0.29, 0.717) is 27.2 Å². The summed E-state index contributed by atoms with van der Waals surface area (Å²) in [6.07, 6.45) is 2.24. The summed E-state index contributed by atoms with van der Waals surface area (Å²) in [7, 11) is 0. The highest BCUT2D eigenvalue weighted by Gasteiger charge is 2.40. The molecule has 2 aliphatic rings. The van der Waals surface area contributed by atoms with E-state index in [-0.39, 0.29) is 17.9 Å². The van der Waals surface area contributed by atoms with Crippen LogP contribution in [0.25, 0.3) is 11.3 Å². The Kier molecular flexibility index (Phi) is 5.97. The van der Waals surface area contributed by atoms with Crippen LogP contribution in [0.15, 0.2) is 54.6 Å². The number of carbonyl (C=O) groups excluding carboxylic acids is 2. The third kappa shape index (κ3) is 4.55. The molecule has 2 aromatic carbocycles. The largest absolute Gasteiger partial charge is 0.324 e. The van der Waals surface area contributed by atoms with Gasteiger partial charge in [0.1, 0.15) is 5.82 Å². The number of benzene rings is 2. The summed E-state index contributed by atoms with van der Waals surface area (Å²) >= 11 is 12.0. The first-order valence-corrected chi connectivity index (χ1v) is 11.5. The van der Waals surface area contributed by atoms with E-state index in [1.165, 1.54) is 0 Å². The van der Waals surface area contributed by atoms with Crippen LogP contribution < -0.4 is 21.3 Å². The maximum atomic E-state index is 12.8. The number of nitrogens with one attached hydrogen (secondary N) is 4. The molecule has 1 aliphatic heterocycles. The predicted molar refractivity (Wildman–Crippen MR) is 128 cm³/mol. The molecule has 3 aromatic rings. The molecular weight excluding hydrogens is 463 g/mol. The van der Waals surface area contributed by atoms with Crippen LogP contribution in [0.2, 0.25) is 10.0 Å². The molecule has 3 amide bonds. The van der Waals surface area contributed by atoms with Crippen molar-refractivity contribution in [2.45, 2.75) is 31.6 Å². The van der Waals surface area contributed by atoms with Crippen LogP contribution in [0, 0.1) is 5.92 Å². The third-order valence-corrected chi connectivity index (χ3v) is 6.71. The zero-order valence-electron chi connectivity index (χ0n) is 17.5. The number of aromatic nitrogens is 2. The molecule has 1 aromatic heterocycles. The van der Waals surface area contributed by atoms with Gasteiger partial charge < -0.3 is 10.6 Å². The average Bonchev–Trinajstić information content (AvgIpc) is 3.44. The van der Waals surface area contributed by atoms with Gasteiger partial charge in [0.15, 0.2) is 6.29 Å². The van der Waals surface area contributed by atoms with Gasteiger partial charge >= 0.3 is 6.03 Å². The van der Waals surface area contributed by atoms with Crippen molar-refractivity contribution in [1.82, 2.24) is 20.4 Å². The summed E-state index contributed by atoms with van der Waals surface area (Å²) in [6.45, 7) is 0. The summed E-state index contributed by atoms with van der Waals surface area (Å²) < 4.78 is 1.60. The number of anilines is 2. The monoisotopic (exact) mass is 484 g/mol. The van der Waals surface area contributed by atoms with Gasteiger partial charge in [-0.05, 0) is 31.0 Å². The van der Waals surface area contributed by atoms with E-state index in [1.807, 2.05) is 30.3 Å². The van der Waals surface area contributed by atoms with Gasteiger partial charge in [-0.1, -0.05) is 60.0 Å². The Balaban J connectivity index is 1.42. The fourth-order valence-corrected chi connectivity index (χ4v) is 4.68. The predicted octanol–water partition coefficient (Wildman–Crippen LogP) is 4.85. The number of rotatable bonds is 4. The Bertz CT molecular complexity index is 1200. The number of hydrogen-bond acceptors (Lipinski definition) is 4. The van der Waals surface area contributed by atoms with E-state index in [1.54, 1.807) is 28.9 Å². The molecule has 170 valence electrons. The topological polar surface area (TPSA) is 100 Å².